The lowest BCUT2D eigenvalue weighted by Gasteiger charge is -2.25. The summed E-state index contributed by atoms with van der Waals surface area (Å²) in [5, 5.41) is 0. The average Bonchev–Trinajstić information content (AvgIpc) is 2.80. The fourth-order valence-electron chi connectivity index (χ4n) is 3.78. The molecule has 0 spiro atoms. The summed E-state index contributed by atoms with van der Waals surface area (Å²) in [5.41, 5.74) is 5.94. The molecule has 1 aromatic carbocycles. The number of amides is 1. The van der Waals surface area contributed by atoms with E-state index in [9.17, 15) is 14.4 Å². The maximum Gasteiger partial charge on any atom is 0.330 e. The summed E-state index contributed by atoms with van der Waals surface area (Å²) >= 11 is 0. The largest absolute Gasteiger partial charge is 0.493 e. The molecule has 2 rings (SSSR count). The van der Waals surface area contributed by atoms with Gasteiger partial charge in [0.05, 0.1) is 14.2 Å². The smallest absolute Gasteiger partial charge is 0.330 e. The molecule has 0 atom stereocenters. The van der Waals surface area contributed by atoms with Gasteiger partial charge in [-0.3, -0.25) is 19.1 Å². The first-order valence-electron chi connectivity index (χ1n) is 11.5. The van der Waals surface area contributed by atoms with Crippen LogP contribution in [0.5, 0.6) is 11.5 Å². The molecule has 9 nitrogen and oxygen atoms in total. The highest BCUT2D eigenvalue weighted by atomic mass is 16.5. The molecule has 0 radical (unpaired) electrons. The summed E-state index contributed by atoms with van der Waals surface area (Å²) in [6.07, 6.45) is 4.72. The molecule has 1 amide bonds. The summed E-state index contributed by atoms with van der Waals surface area (Å²) in [6.45, 7) is 4.79. The van der Waals surface area contributed by atoms with Crippen LogP contribution in [0.3, 0.4) is 0 Å². The minimum absolute atomic E-state index is 0.0287. The van der Waals surface area contributed by atoms with E-state index in [0.717, 1.165) is 37.7 Å². The molecular formula is C24H36N4O5. The van der Waals surface area contributed by atoms with Gasteiger partial charge in [0.2, 0.25) is 5.91 Å². The molecule has 0 aliphatic rings. The van der Waals surface area contributed by atoms with Gasteiger partial charge in [-0.05, 0) is 30.9 Å². The number of nitrogens with zero attached hydrogens (tertiary/aromatic N) is 2. The zero-order valence-corrected chi connectivity index (χ0v) is 20.1. The number of carbonyl (C=O) groups excluding carboxylic acids is 1. The number of hydrogen-bond donors (Lipinski definition) is 2. The third-order valence-electron chi connectivity index (χ3n) is 5.60. The van der Waals surface area contributed by atoms with E-state index in [1.54, 1.807) is 20.3 Å². The second-order valence-electron chi connectivity index (χ2n) is 7.90. The van der Waals surface area contributed by atoms with Crippen molar-refractivity contribution >= 4 is 17.4 Å². The first-order chi connectivity index (χ1) is 15.9. The molecule has 0 saturated heterocycles. The maximum absolute atomic E-state index is 13.3. The van der Waals surface area contributed by atoms with Gasteiger partial charge in [0.25, 0.3) is 5.56 Å². The monoisotopic (exact) mass is 460 g/mol. The molecule has 182 valence electrons. The van der Waals surface area contributed by atoms with Gasteiger partial charge in [-0.1, -0.05) is 45.2 Å². The van der Waals surface area contributed by atoms with Crippen LogP contribution in [0.15, 0.2) is 27.8 Å². The van der Waals surface area contributed by atoms with Crippen molar-refractivity contribution in [1.29, 1.82) is 0 Å². The van der Waals surface area contributed by atoms with Crippen molar-refractivity contribution in [3.05, 3.63) is 44.6 Å². The molecule has 33 heavy (non-hydrogen) atoms. The Hall–Kier alpha value is -3.23. The van der Waals surface area contributed by atoms with Crippen LogP contribution in [0.1, 0.15) is 57.9 Å². The van der Waals surface area contributed by atoms with E-state index in [1.807, 2.05) is 19.1 Å². The van der Waals surface area contributed by atoms with Crippen molar-refractivity contribution in [3.8, 4) is 11.5 Å². The molecule has 0 fully saturated rings. The van der Waals surface area contributed by atoms with Crippen LogP contribution in [0, 0.1) is 0 Å². The van der Waals surface area contributed by atoms with Gasteiger partial charge in [-0.2, -0.15) is 0 Å². The van der Waals surface area contributed by atoms with Gasteiger partial charge in [0.15, 0.2) is 17.2 Å². The first kappa shape index (κ1) is 26.0. The number of aryl methyl sites for hydroxylation is 1. The van der Waals surface area contributed by atoms with E-state index in [-0.39, 0.29) is 23.8 Å². The summed E-state index contributed by atoms with van der Waals surface area (Å²) in [7, 11) is 3.12. The Bertz CT molecular complexity index is 1040. The maximum atomic E-state index is 13.3. The van der Waals surface area contributed by atoms with Gasteiger partial charge >= 0.3 is 5.69 Å². The minimum atomic E-state index is -0.644. The number of unbranched alkanes of at least 4 members (excludes halogenated alkanes) is 3. The Kier molecular flexibility index (Phi) is 10.0. The Morgan fingerprint density at radius 2 is 1.82 bits per heavy atom. The van der Waals surface area contributed by atoms with Crippen LogP contribution in [0.2, 0.25) is 0 Å². The Morgan fingerprint density at radius 1 is 1.09 bits per heavy atom. The molecule has 0 unspecified atom stereocenters. The third kappa shape index (κ3) is 6.40. The fourth-order valence-corrected chi connectivity index (χ4v) is 3.78. The highest BCUT2D eigenvalue weighted by molar-refractivity contribution is 5.95. The number of rotatable bonds is 13. The molecule has 0 saturated carbocycles. The predicted octanol–water partition coefficient (Wildman–Crippen LogP) is 3.09. The lowest BCUT2D eigenvalue weighted by atomic mass is 10.1. The molecule has 1 aromatic heterocycles. The van der Waals surface area contributed by atoms with Crippen LogP contribution < -0.4 is 31.4 Å². The molecule has 2 aromatic rings. The number of nitrogens with two attached hydrogens (primary N) is 1. The van der Waals surface area contributed by atoms with Gasteiger partial charge in [-0.15, -0.1) is 0 Å². The number of benzene rings is 1. The second-order valence-corrected chi connectivity index (χ2v) is 7.90. The van der Waals surface area contributed by atoms with Gasteiger partial charge in [0.1, 0.15) is 5.82 Å². The molecule has 3 N–H and O–H groups in total. The van der Waals surface area contributed by atoms with Gasteiger partial charge in [0, 0.05) is 19.5 Å². The number of ether oxygens (including phenoxy) is 2. The van der Waals surface area contributed by atoms with Crippen LogP contribution in [0.25, 0.3) is 0 Å². The average molecular weight is 461 g/mol. The number of H-pyrrole nitrogens is 1. The quantitative estimate of drug-likeness (QED) is 0.443. The van der Waals surface area contributed by atoms with Crippen LogP contribution in [-0.2, 0) is 17.8 Å². The lowest BCUT2D eigenvalue weighted by molar-refractivity contribution is -0.118. The number of methoxy groups -OCH3 is 2. The van der Waals surface area contributed by atoms with Crippen molar-refractivity contribution in [2.75, 3.05) is 31.4 Å². The second kappa shape index (κ2) is 12.7. The highest BCUT2D eigenvalue weighted by Crippen LogP contribution is 2.31. The SMILES string of the molecule is CCCCCN(C(=O)CCc1cccc(OC)c1OC)c1c(N)n(CCCC)c(=O)[nH]c1=O. The summed E-state index contributed by atoms with van der Waals surface area (Å²) < 4.78 is 12.1. The summed E-state index contributed by atoms with van der Waals surface area (Å²) in [5.74, 6) is 0.955. The number of anilines is 2. The Balaban J connectivity index is 2.38. The van der Waals surface area contributed by atoms with Gasteiger partial charge < -0.3 is 20.1 Å². The Morgan fingerprint density at radius 3 is 2.45 bits per heavy atom. The normalized spacial score (nSPS) is 10.8. The fraction of sp³-hybridized carbons (Fsp3) is 0.542. The van der Waals surface area contributed by atoms with Crippen molar-refractivity contribution in [2.24, 2.45) is 0 Å². The molecular weight excluding hydrogens is 424 g/mol. The van der Waals surface area contributed by atoms with Crippen molar-refractivity contribution in [2.45, 2.75) is 65.3 Å². The van der Waals surface area contributed by atoms with Crippen LogP contribution >= 0.6 is 0 Å². The third-order valence-corrected chi connectivity index (χ3v) is 5.60. The topological polar surface area (TPSA) is 120 Å². The number of carbonyl (C=O) groups is 1. The van der Waals surface area contributed by atoms with E-state index in [2.05, 4.69) is 11.9 Å². The number of nitrogen functional groups attached to an aromatic ring is 1. The van der Waals surface area contributed by atoms with E-state index in [1.165, 1.54) is 9.47 Å². The van der Waals surface area contributed by atoms with E-state index >= 15 is 0 Å². The number of para-hydroxylation sites is 1. The Labute approximate surface area is 194 Å². The molecule has 0 bridgehead atoms. The van der Waals surface area contributed by atoms with E-state index in [4.69, 9.17) is 15.2 Å². The molecule has 1 heterocycles. The number of nitrogens with one attached hydrogen (secondary N) is 1. The minimum Gasteiger partial charge on any atom is -0.493 e. The zero-order chi connectivity index (χ0) is 24.4. The zero-order valence-electron chi connectivity index (χ0n) is 20.1. The van der Waals surface area contributed by atoms with E-state index in [0.29, 0.717) is 31.0 Å². The summed E-state index contributed by atoms with van der Waals surface area (Å²) in [4.78, 5) is 42.2. The lowest BCUT2D eigenvalue weighted by Crippen LogP contribution is -2.41. The van der Waals surface area contributed by atoms with Gasteiger partial charge in [-0.25, -0.2) is 4.79 Å². The number of hydrogen-bond acceptors (Lipinski definition) is 6. The number of aromatic nitrogens is 2. The summed E-state index contributed by atoms with van der Waals surface area (Å²) in [6, 6.07) is 5.51. The molecule has 0 aliphatic carbocycles. The molecule has 0 aliphatic heterocycles. The molecule has 9 heteroatoms. The first-order valence-corrected chi connectivity index (χ1v) is 11.5. The van der Waals surface area contributed by atoms with Crippen molar-refractivity contribution in [1.82, 2.24) is 9.55 Å². The van der Waals surface area contributed by atoms with Crippen molar-refractivity contribution < 1.29 is 14.3 Å². The predicted molar refractivity (Wildman–Crippen MR) is 130 cm³/mol. The van der Waals surface area contributed by atoms with Crippen molar-refractivity contribution in [3.63, 3.8) is 0 Å². The highest BCUT2D eigenvalue weighted by Gasteiger charge is 2.24. The van der Waals surface area contributed by atoms with Crippen LogP contribution in [0.4, 0.5) is 11.5 Å². The number of aromatic amines is 1. The standard InChI is InChI=1S/C24H36N4O5/c1-5-7-9-16-27(20-22(25)28(15-8-6-2)24(31)26-23(20)30)19(29)14-13-17-11-10-12-18(32-3)21(17)33-4/h10-12H,5-9,13-16,25H2,1-4H3,(H,26,30,31). The van der Waals surface area contributed by atoms with Crippen LogP contribution in [-0.4, -0.2) is 36.2 Å². The van der Waals surface area contributed by atoms with E-state index < -0.39 is 11.2 Å².